The number of nitrogens with two attached hydrogens (primary N) is 2. The van der Waals surface area contributed by atoms with E-state index < -0.39 is 5.97 Å². The Morgan fingerprint density at radius 1 is 1.12 bits per heavy atom. The molecule has 100 valence electrons. The van der Waals surface area contributed by atoms with Crippen molar-refractivity contribution in [3.8, 4) is 0 Å². The van der Waals surface area contributed by atoms with E-state index >= 15 is 0 Å². The fraction of sp³-hybridized carbons (Fsp3) is 0.700. The van der Waals surface area contributed by atoms with Crippen LogP contribution >= 0.6 is 0 Å². The molecule has 0 amide bonds. The summed E-state index contributed by atoms with van der Waals surface area (Å²) in [4.78, 5) is 9.00. The summed E-state index contributed by atoms with van der Waals surface area (Å²) in [6.07, 6.45) is 3.10. The van der Waals surface area contributed by atoms with Crippen LogP contribution in [0.25, 0.3) is 0 Å². The van der Waals surface area contributed by atoms with E-state index in [9.17, 15) is 0 Å². The number of carbonyl (C=O) groups is 1. The molecule has 0 aliphatic heterocycles. The minimum absolute atomic E-state index is 0.241. The molecule has 0 aromatic heterocycles. The molecule has 0 rings (SSSR count). The first-order chi connectivity index (χ1) is 7.86. The van der Waals surface area contributed by atoms with Crippen LogP contribution in [0.5, 0.6) is 0 Å². The molecule has 0 fully saturated rings. The van der Waals surface area contributed by atoms with Gasteiger partial charge < -0.3 is 21.9 Å². The third kappa shape index (κ3) is 31.4. The first kappa shape index (κ1) is 17.8. The topological polar surface area (TPSA) is 149 Å². The molecule has 7 heteroatoms. The summed E-state index contributed by atoms with van der Waals surface area (Å²) in [6.45, 7) is 2.83. The SMILES string of the molecule is CC(=O)O.N=C(N)CCCNCCCC(=N)N. The van der Waals surface area contributed by atoms with Gasteiger partial charge in [-0.1, -0.05) is 0 Å². The maximum absolute atomic E-state index is 9.00. The first-order valence-electron chi connectivity index (χ1n) is 5.42. The lowest BCUT2D eigenvalue weighted by Gasteiger charge is -2.03. The predicted octanol–water partition coefficient (Wildman–Crippen LogP) is 0.0992. The Bertz CT molecular complexity index is 221. The van der Waals surface area contributed by atoms with E-state index in [1.807, 2.05) is 0 Å². The second kappa shape index (κ2) is 12.4. The van der Waals surface area contributed by atoms with Gasteiger partial charge in [0.15, 0.2) is 0 Å². The molecule has 0 aliphatic rings. The van der Waals surface area contributed by atoms with Crippen molar-refractivity contribution in [1.29, 1.82) is 10.8 Å². The van der Waals surface area contributed by atoms with Crippen molar-refractivity contribution in [3.63, 3.8) is 0 Å². The van der Waals surface area contributed by atoms with Crippen LogP contribution in [0.4, 0.5) is 0 Å². The van der Waals surface area contributed by atoms with Gasteiger partial charge in [0.25, 0.3) is 5.97 Å². The zero-order chi connectivity index (χ0) is 13.7. The molecule has 0 atom stereocenters. The van der Waals surface area contributed by atoms with Crippen LogP contribution in [0.2, 0.25) is 0 Å². The van der Waals surface area contributed by atoms with E-state index in [4.69, 9.17) is 32.2 Å². The Balaban J connectivity index is 0. The molecule has 0 unspecified atom stereocenters. The molecule has 0 spiro atoms. The van der Waals surface area contributed by atoms with Crippen LogP contribution in [-0.2, 0) is 4.79 Å². The normalized spacial score (nSPS) is 9.00. The Labute approximate surface area is 102 Å². The molecule has 0 saturated heterocycles. The Kier molecular flexibility index (Phi) is 13.0. The zero-order valence-corrected chi connectivity index (χ0v) is 10.3. The molecular weight excluding hydrogens is 222 g/mol. The largest absolute Gasteiger partial charge is 0.481 e. The molecule has 0 aliphatic carbocycles. The summed E-state index contributed by atoms with van der Waals surface area (Å²) in [5.74, 6) is -0.351. The van der Waals surface area contributed by atoms with E-state index in [0.717, 1.165) is 32.9 Å². The van der Waals surface area contributed by atoms with Crippen molar-refractivity contribution in [3.05, 3.63) is 0 Å². The quantitative estimate of drug-likeness (QED) is 0.204. The number of amidine groups is 2. The van der Waals surface area contributed by atoms with Gasteiger partial charge in [-0.05, 0) is 25.9 Å². The summed E-state index contributed by atoms with van der Waals surface area (Å²) in [5.41, 5.74) is 10.4. The number of rotatable bonds is 8. The number of hydrogen-bond acceptors (Lipinski definition) is 4. The van der Waals surface area contributed by atoms with Gasteiger partial charge in [-0.25, -0.2) is 0 Å². The number of hydrogen-bond donors (Lipinski definition) is 6. The van der Waals surface area contributed by atoms with E-state index in [1.54, 1.807) is 0 Å². The molecular formula is C10H23N5O2. The highest BCUT2D eigenvalue weighted by Crippen LogP contribution is 1.87. The van der Waals surface area contributed by atoms with Crippen molar-refractivity contribution in [1.82, 2.24) is 5.32 Å². The second-order valence-corrected chi connectivity index (χ2v) is 3.53. The van der Waals surface area contributed by atoms with E-state index in [0.29, 0.717) is 12.8 Å². The smallest absolute Gasteiger partial charge is 0.300 e. The highest BCUT2D eigenvalue weighted by Gasteiger charge is 1.92. The summed E-state index contributed by atoms with van der Waals surface area (Å²) >= 11 is 0. The maximum atomic E-state index is 9.00. The van der Waals surface area contributed by atoms with Crippen LogP contribution in [0, 0.1) is 10.8 Å². The Hall–Kier alpha value is -1.63. The summed E-state index contributed by atoms with van der Waals surface area (Å²) in [7, 11) is 0. The average molecular weight is 245 g/mol. The molecule has 8 N–H and O–H groups in total. The fourth-order valence-electron chi connectivity index (χ4n) is 0.933. The van der Waals surface area contributed by atoms with Gasteiger partial charge in [0, 0.05) is 19.8 Å². The fourth-order valence-corrected chi connectivity index (χ4v) is 0.933. The number of carboxylic acid groups (broad SMARTS) is 1. The molecule has 0 radical (unpaired) electrons. The van der Waals surface area contributed by atoms with Gasteiger partial charge in [-0.2, -0.15) is 0 Å². The molecule has 0 heterocycles. The number of aliphatic carboxylic acids is 1. The predicted molar refractivity (Wildman–Crippen MR) is 68.5 cm³/mol. The standard InChI is InChI=1S/C8H19N5.C2H4O2/c9-7(10)3-1-5-13-6-2-4-8(11)12;1-2(3)4/h13H,1-6H2,(H3,9,10)(H3,11,12);1H3,(H,3,4). The summed E-state index contributed by atoms with van der Waals surface area (Å²) in [6, 6.07) is 0. The van der Waals surface area contributed by atoms with Gasteiger partial charge in [0.05, 0.1) is 11.7 Å². The lowest BCUT2D eigenvalue weighted by Crippen LogP contribution is -2.20. The van der Waals surface area contributed by atoms with Crippen LogP contribution in [-0.4, -0.2) is 35.8 Å². The molecule has 0 aromatic rings. The molecule has 0 aromatic carbocycles. The Morgan fingerprint density at radius 2 is 1.41 bits per heavy atom. The Morgan fingerprint density at radius 3 is 1.65 bits per heavy atom. The monoisotopic (exact) mass is 245 g/mol. The molecule has 7 nitrogen and oxygen atoms in total. The summed E-state index contributed by atoms with van der Waals surface area (Å²) in [5, 5.41) is 24.6. The molecule has 0 saturated carbocycles. The number of carboxylic acids is 1. The summed E-state index contributed by atoms with van der Waals surface area (Å²) < 4.78 is 0. The average Bonchev–Trinajstić information content (AvgIpc) is 2.14. The van der Waals surface area contributed by atoms with Gasteiger partial charge in [-0.15, -0.1) is 0 Å². The number of nitrogens with one attached hydrogen (secondary N) is 3. The van der Waals surface area contributed by atoms with E-state index in [2.05, 4.69) is 5.32 Å². The highest BCUT2D eigenvalue weighted by molar-refractivity contribution is 5.77. The van der Waals surface area contributed by atoms with E-state index in [-0.39, 0.29) is 11.7 Å². The van der Waals surface area contributed by atoms with Crippen LogP contribution < -0.4 is 16.8 Å². The van der Waals surface area contributed by atoms with Crippen molar-refractivity contribution in [2.24, 2.45) is 11.5 Å². The molecule has 0 bridgehead atoms. The van der Waals surface area contributed by atoms with Crippen molar-refractivity contribution in [2.75, 3.05) is 13.1 Å². The minimum Gasteiger partial charge on any atom is -0.481 e. The van der Waals surface area contributed by atoms with Gasteiger partial charge in [0.1, 0.15) is 0 Å². The lowest BCUT2D eigenvalue weighted by molar-refractivity contribution is -0.134. The highest BCUT2D eigenvalue weighted by atomic mass is 16.4. The van der Waals surface area contributed by atoms with Crippen LogP contribution in [0.3, 0.4) is 0 Å². The van der Waals surface area contributed by atoms with Crippen molar-refractivity contribution < 1.29 is 9.90 Å². The maximum Gasteiger partial charge on any atom is 0.300 e. The second-order valence-electron chi connectivity index (χ2n) is 3.53. The third-order valence-electron chi connectivity index (χ3n) is 1.60. The van der Waals surface area contributed by atoms with Crippen molar-refractivity contribution >= 4 is 17.6 Å². The van der Waals surface area contributed by atoms with Crippen molar-refractivity contribution in [2.45, 2.75) is 32.6 Å². The lowest BCUT2D eigenvalue weighted by atomic mass is 10.2. The first-order valence-corrected chi connectivity index (χ1v) is 5.42. The molecule has 17 heavy (non-hydrogen) atoms. The van der Waals surface area contributed by atoms with Gasteiger partial charge >= 0.3 is 0 Å². The van der Waals surface area contributed by atoms with Gasteiger partial charge in [0.2, 0.25) is 0 Å². The zero-order valence-electron chi connectivity index (χ0n) is 10.3. The third-order valence-corrected chi connectivity index (χ3v) is 1.60. The van der Waals surface area contributed by atoms with Gasteiger partial charge in [-0.3, -0.25) is 15.6 Å². The van der Waals surface area contributed by atoms with Crippen LogP contribution in [0.15, 0.2) is 0 Å². The van der Waals surface area contributed by atoms with E-state index in [1.165, 1.54) is 0 Å². The minimum atomic E-state index is -0.833. The van der Waals surface area contributed by atoms with Crippen LogP contribution in [0.1, 0.15) is 32.6 Å².